The molecule has 1 fully saturated rings. The van der Waals surface area contributed by atoms with Crippen LogP contribution >= 0.6 is 0 Å². The van der Waals surface area contributed by atoms with Gasteiger partial charge in [0.25, 0.3) is 5.91 Å². The topological polar surface area (TPSA) is 65.5 Å². The van der Waals surface area contributed by atoms with Crippen molar-refractivity contribution >= 4 is 17.6 Å². The van der Waals surface area contributed by atoms with Crippen molar-refractivity contribution in [1.29, 1.82) is 0 Å². The molecule has 2 heterocycles. The van der Waals surface area contributed by atoms with E-state index in [2.05, 4.69) is 10.3 Å². The van der Waals surface area contributed by atoms with Gasteiger partial charge in [0.05, 0.1) is 12.1 Å². The van der Waals surface area contributed by atoms with Gasteiger partial charge in [-0.2, -0.15) is 13.2 Å². The Morgan fingerprint density at radius 3 is 2.38 bits per heavy atom. The molecule has 154 valence electrons. The smallest absolute Gasteiger partial charge is 0.353 e. The summed E-state index contributed by atoms with van der Waals surface area (Å²) in [5.74, 6) is -0.985. The number of nitrogens with one attached hydrogen (secondary N) is 1. The number of rotatable bonds is 4. The van der Waals surface area contributed by atoms with E-state index in [4.69, 9.17) is 0 Å². The highest BCUT2D eigenvalue weighted by Crippen LogP contribution is 2.29. The van der Waals surface area contributed by atoms with Crippen LogP contribution in [0, 0.1) is 5.82 Å². The molecule has 1 aromatic carbocycles. The van der Waals surface area contributed by atoms with E-state index in [9.17, 15) is 27.2 Å². The normalized spacial score (nSPS) is 14.6. The Morgan fingerprint density at radius 1 is 1.07 bits per heavy atom. The molecule has 0 unspecified atom stereocenters. The molecule has 6 nitrogen and oxygen atoms in total. The van der Waals surface area contributed by atoms with Gasteiger partial charge >= 0.3 is 6.18 Å². The average Bonchev–Trinajstić information content (AvgIpc) is 2.71. The molecule has 0 radical (unpaired) electrons. The summed E-state index contributed by atoms with van der Waals surface area (Å²) < 4.78 is 51.0. The van der Waals surface area contributed by atoms with Crippen molar-refractivity contribution in [3.63, 3.8) is 0 Å². The minimum absolute atomic E-state index is 0.121. The van der Waals surface area contributed by atoms with Gasteiger partial charge in [-0.05, 0) is 30.3 Å². The second-order valence-corrected chi connectivity index (χ2v) is 6.46. The third-order valence-corrected chi connectivity index (χ3v) is 4.52. The maximum absolute atomic E-state index is 13.2. The number of alkyl halides is 3. The van der Waals surface area contributed by atoms with Crippen LogP contribution in [0.2, 0.25) is 0 Å². The number of benzene rings is 1. The predicted octanol–water partition coefficient (Wildman–Crippen LogP) is 2.32. The van der Waals surface area contributed by atoms with E-state index in [0.717, 1.165) is 18.3 Å². The first-order valence-electron chi connectivity index (χ1n) is 8.84. The van der Waals surface area contributed by atoms with Gasteiger partial charge in [-0.25, -0.2) is 9.37 Å². The molecular weight excluding hydrogens is 392 g/mol. The number of carbonyl (C=O) groups excluding carboxylic acids is 2. The number of nitrogens with zero attached hydrogens (tertiary/aromatic N) is 3. The molecule has 0 saturated carbocycles. The van der Waals surface area contributed by atoms with Crippen LogP contribution in [0.1, 0.15) is 15.9 Å². The summed E-state index contributed by atoms with van der Waals surface area (Å²) >= 11 is 0. The summed E-state index contributed by atoms with van der Waals surface area (Å²) in [5.41, 5.74) is -0.694. The lowest BCUT2D eigenvalue weighted by molar-refractivity contribution is -0.137. The van der Waals surface area contributed by atoms with Gasteiger partial charge in [-0.3, -0.25) is 9.59 Å². The molecule has 3 rings (SSSR count). The molecule has 0 bridgehead atoms. The van der Waals surface area contributed by atoms with E-state index in [1.807, 2.05) is 0 Å². The summed E-state index contributed by atoms with van der Waals surface area (Å²) in [5, 5.41) is 2.46. The molecule has 0 aliphatic carbocycles. The van der Waals surface area contributed by atoms with Crippen LogP contribution in [-0.2, 0) is 11.0 Å². The van der Waals surface area contributed by atoms with E-state index < -0.39 is 23.5 Å². The second-order valence-electron chi connectivity index (χ2n) is 6.46. The van der Waals surface area contributed by atoms with Crippen LogP contribution in [0.3, 0.4) is 0 Å². The highest BCUT2D eigenvalue weighted by atomic mass is 19.4. The zero-order valence-electron chi connectivity index (χ0n) is 15.2. The third-order valence-electron chi connectivity index (χ3n) is 4.52. The Balaban J connectivity index is 1.48. The maximum atomic E-state index is 13.2. The highest BCUT2D eigenvalue weighted by Gasteiger charge is 2.31. The lowest BCUT2D eigenvalue weighted by Gasteiger charge is -2.35. The Hall–Kier alpha value is -3.17. The van der Waals surface area contributed by atoms with Gasteiger partial charge in [0.2, 0.25) is 5.91 Å². The van der Waals surface area contributed by atoms with Gasteiger partial charge in [0, 0.05) is 37.9 Å². The average molecular weight is 410 g/mol. The second kappa shape index (κ2) is 8.46. The van der Waals surface area contributed by atoms with E-state index in [1.165, 1.54) is 24.3 Å². The van der Waals surface area contributed by atoms with Crippen molar-refractivity contribution in [2.75, 3.05) is 37.6 Å². The number of hydrogen-bond donors (Lipinski definition) is 1. The fraction of sp³-hybridized carbons (Fsp3) is 0.316. The largest absolute Gasteiger partial charge is 0.417 e. The molecule has 10 heteroatoms. The van der Waals surface area contributed by atoms with Gasteiger partial charge in [-0.15, -0.1) is 0 Å². The van der Waals surface area contributed by atoms with E-state index >= 15 is 0 Å². The van der Waals surface area contributed by atoms with Gasteiger partial charge < -0.3 is 15.1 Å². The standard InChI is InChI=1S/C19H18F4N4O2/c20-15-3-1-2-13(10-15)18(29)25-12-17(28)27-8-6-26(7-9-27)16-5-4-14(11-24-16)19(21,22)23/h1-5,10-11H,6-9,12H2,(H,25,29). The zero-order valence-corrected chi connectivity index (χ0v) is 15.2. The molecule has 0 spiro atoms. The lowest BCUT2D eigenvalue weighted by atomic mass is 10.2. The van der Waals surface area contributed by atoms with Crippen LogP contribution in [0.4, 0.5) is 23.4 Å². The zero-order chi connectivity index (χ0) is 21.0. The molecular formula is C19H18F4N4O2. The van der Waals surface area contributed by atoms with Crippen molar-refractivity contribution in [3.05, 3.63) is 59.5 Å². The Kier molecular flexibility index (Phi) is 6.00. The summed E-state index contributed by atoms with van der Waals surface area (Å²) in [7, 11) is 0. The van der Waals surface area contributed by atoms with Crippen LogP contribution in [0.5, 0.6) is 0 Å². The predicted molar refractivity (Wildman–Crippen MR) is 96.8 cm³/mol. The number of anilines is 1. The van der Waals surface area contributed by atoms with Gasteiger partial charge in [-0.1, -0.05) is 6.07 Å². The first kappa shape index (κ1) is 20.6. The Morgan fingerprint density at radius 2 is 1.79 bits per heavy atom. The minimum Gasteiger partial charge on any atom is -0.353 e. The third kappa shape index (κ3) is 5.21. The van der Waals surface area contributed by atoms with Crippen LogP contribution in [0.15, 0.2) is 42.6 Å². The van der Waals surface area contributed by atoms with E-state index in [1.54, 1.807) is 9.80 Å². The fourth-order valence-electron chi connectivity index (χ4n) is 2.93. The van der Waals surface area contributed by atoms with E-state index in [-0.39, 0.29) is 18.0 Å². The summed E-state index contributed by atoms with van der Waals surface area (Å²) in [4.78, 5) is 31.4. The number of piperazine rings is 1. The van der Waals surface area contributed by atoms with Crippen molar-refractivity contribution < 1.29 is 27.2 Å². The monoisotopic (exact) mass is 410 g/mol. The number of pyridine rings is 1. The first-order chi connectivity index (χ1) is 13.7. The quantitative estimate of drug-likeness (QED) is 0.786. The van der Waals surface area contributed by atoms with Crippen LogP contribution in [0.25, 0.3) is 0 Å². The molecule has 29 heavy (non-hydrogen) atoms. The lowest BCUT2D eigenvalue weighted by Crippen LogP contribution is -2.51. The number of halogens is 4. The Bertz CT molecular complexity index is 879. The molecule has 2 aromatic rings. The van der Waals surface area contributed by atoms with Gasteiger partial charge in [0.1, 0.15) is 11.6 Å². The van der Waals surface area contributed by atoms with Crippen LogP contribution < -0.4 is 10.2 Å². The maximum Gasteiger partial charge on any atom is 0.417 e. The molecule has 1 aliphatic heterocycles. The molecule has 1 N–H and O–H groups in total. The highest BCUT2D eigenvalue weighted by molar-refractivity contribution is 5.96. The summed E-state index contributed by atoms with van der Waals surface area (Å²) in [6.07, 6.45) is -3.65. The van der Waals surface area contributed by atoms with Crippen molar-refractivity contribution in [2.45, 2.75) is 6.18 Å². The molecule has 1 aromatic heterocycles. The van der Waals surface area contributed by atoms with Crippen molar-refractivity contribution in [1.82, 2.24) is 15.2 Å². The molecule has 0 atom stereocenters. The van der Waals surface area contributed by atoms with Crippen molar-refractivity contribution in [3.8, 4) is 0 Å². The van der Waals surface area contributed by atoms with E-state index in [0.29, 0.717) is 32.0 Å². The number of carbonyl (C=O) groups is 2. The number of aromatic nitrogens is 1. The minimum atomic E-state index is -4.44. The first-order valence-corrected chi connectivity index (χ1v) is 8.84. The molecule has 1 saturated heterocycles. The summed E-state index contributed by atoms with van der Waals surface area (Å²) in [6, 6.07) is 7.42. The Labute approximate surface area is 164 Å². The molecule has 1 aliphatic rings. The van der Waals surface area contributed by atoms with Crippen molar-refractivity contribution in [2.24, 2.45) is 0 Å². The molecule has 2 amide bonds. The van der Waals surface area contributed by atoms with Crippen LogP contribution in [-0.4, -0.2) is 54.4 Å². The fourth-order valence-corrected chi connectivity index (χ4v) is 2.93. The summed E-state index contributed by atoms with van der Waals surface area (Å²) in [6.45, 7) is 1.27. The number of amides is 2. The number of hydrogen-bond acceptors (Lipinski definition) is 4. The van der Waals surface area contributed by atoms with Gasteiger partial charge in [0.15, 0.2) is 0 Å². The SMILES string of the molecule is O=C(NCC(=O)N1CCN(c2ccc(C(F)(F)F)cn2)CC1)c1cccc(F)c1.